The van der Waals surface area contributed by atoms with Crippen molar-refractivity contribution in [3.05, 3.63) is 72.2 Å². The summed E-state index contributed by atoms with van der Waals surface area (Å²) in [6, 6.07) is 16.6. The number of hydrogen-bond donors (Lipinski definition) is 0. The maximum Gasteiger partial charge on any atom is 0.341 e. The Bertz CT molecular complexity index is 796. The highest BCUT2D eigenvalue weighted by Gasteiger charge is 2.13. The Balaban J connectivity index is 1.73. The monoisotopic (exact) mass is 309 g/mol. The average Bonchev–Trinajstić information content (AvgIpc) is 3.09. The number of aromatic nitrogens is 1. The lowest BCUT2D eigenvalue weighted by Crippen LogP contribution is -2.05. The van der Waals surface area contributed by atoms with E-state index in [1.807, 2.05) is 30.3 Å². The summed E-state index contributed by atoms with van der Waals surface area (Å²) in [6.45, 7) is 0.126. The lowest BCUT2D eigenvalue weighted by atomic mass is 10.2. The Morgan fingerprint density at radius 2 is 1.83 bits per heavy atom. The van der Waals surface area contributed by atoms with Gasteiger partial charge in [0.05, 0.1) is 13.3 Å². The third-order valence-electron chi connectivity index (χ3n) is 3.26. The number of benzene rings is 2. The van der Waals surface area contributed by atoms with Crippen LogP contribution in [0.3, 0.4) is 0 Å². The molecule has 23 heavy (non-hydrogen) atoms. The summed E-state index contributed by atoms with van der Waals surface area (Å²) in [5.41, 5.74) is 1.31. The van der Waals surface area contributed by atoms with E-state index in [1.54, 1.807) is 30.5 Å². The van der Waals surface area contributed by atoms with Gasteiger partial charge in [0.1, 0.15) is 11.3 Å². The molecule has 0 saturated carbocycles. The van der Waals surface area contributed by atoms with Crippen LogP contribution in [0, 0.1) is 0 Å². The number of rotatable bonds is 5. The molecule has 0 amide bonds. The predicted octanol–water partition coefficient (Wildman–Crippen LogP) is 3.71. The van der Waals surface area contributed by atoms with Crippen LogP contribution < -0.4 is 4.74 Å². The number of carbonyl (C=O) groups is 1. The van der Waals surface area contributed by atoms with Gasteiger partial charge in [0.25, 0.3) is 0 Å². The number of nitrogens with zero attached hydrogens (tertiary/aromatic N) is 1. The largest absolute Gasteiger partial charge is 0.483 e. The van der Waals surface area contributed by atoms with Gasteiger partial charge >= 0.3 is 5.97 Å². The molecule has 3 aromatic rings. The van der Waals surface area contributed by atoms with Crippen LogP contribution >= 0.6 is 0 Å². The van der Waals surface area contributed by atoms with Crippen molar-refractivity contribution < 1.29 is 18.7 Å². The van der Waals surface area contributed by atoms with Gasteiger partial charge in [-0.15, -0.1) is 0 Å². The standard InChI is InChI=1S/C18H15NO4/c1-21-18(20)14-9-5-6-10-15(14)22-12-17-19-11-16(23-17)13-7-3-2-4-8-13/h2-11H,12H2,1H3. The van der Waals surface area contributed by atoms with Gasteiger partial charge in [0.2, 0.25) is 5.89 Å². The molecule has 0 N–H and O–H groups in total. The van der Waals surface area contributed by atoms with E-state index in [1.165, 1.54) is 7.11 Å². The smallest absolute Gasteiger partial charge is 0.341 e. The zero-order chi connectivity index (χ0) is 16.1. The molecule has 3 rings (SSSR count). The van der Waals surface area contributed by atoms with Crippen molar-refractivity contribution in [2.45, 2.75) is 6.61 Å². The summed E-state index contributed by atoms with van der Waals surface area (Å²) < 4.78 is 16.0. The van der Waals surface area contributed by atoms with Crippen LogP contribution in [-0.2, 0) is 11.3 Å². The van der Waals surface area contributed by atoms with Gasteiger partial charge < -0.3 is 13.9 Å². The zero-order valence-electron chi connectivity index (χ0n) is 12.6. The van der Waals surface area contributed by atoms with Gasteiger partial charge in [-0.05, 0) is 12.1 Å². The SMILES string of the molecule is COC(=O)c1ccccc1OCc1ncc(-c2ccccc2)o1. The first-order valence-corrected chi connectivity index (χ1v) is 7.08. The molecule has 2 aromatic carbocycles. The molecule has 1 heterocycles. The summed E-state index contributed by atoms with van der Waals surface area (Å²) in [5.74, 6) is 1.09. The van der Waals surface area contributed by atoms with Crippen LogP contribution in [0.15, 0.2) is 65.2 Å². The molecule has 0 unspecified atom stereocenters. The summed E-state index contributed by atoms with van der Waals surface area (Å²) >= 11 is 0. The molecule has 0 saturated heterocycles. The molecule has 0 aliphatic heterocycles. The van der Waals surface area contributed by atoms with E-state index >= 15 is 0 Å². The van der Waals surface area contributed by atoms with Crippen LogP contribution in [0.1, 0.15) is 16.2 Å². The van der Waals surface area contributed by atoms with E-state index in [0.29, 0.717) is 23.0 Å². The van der Waals surface area contributed by atoms with Gasteiger partial charge in [-0.2, -0.15) is 0 Å². The fourth-order valence-corrected chi connectivity index (χ4v) is 2.12. The minimum Gasteiger partial charge on any atom is -0.483 e. The molecule has 0 atom stereocenters. The number of ether oxygens (including phenoxy) is 2. The second-order valence-corrected chi connectivity index (χ2v) is 4.76. The van der Waals surface area contributed by atoms with Crippen molar-refractivity contribution >= 4 is 5.97 Å². The zero-order valence-corrected chi connectivity index (χ0v) is 12.6. The quantitative estimate of drug-likeness (QED) is 0.672. The highest BCUT2D eigenvalue weighted by Crippen LogP contribution is 2.22. The number of carbonyl (C=O) groups excluding carboxylic acids is 1. The summed E-state index contributed by atoms with van der Waals surface area (Å²) in [6.07, 6.45) is 1.65. The third-order valence-corrected chi connectivity index (χ3v) is 3.26. The number of methoxy groups -OCH3 is 1. The molecule has 1 aromatic heterocycles. The lowest BCUT2D eigenvalue weighted by molar-refractivity contribution is 0.0595. The first-order chi connectivity index (χ1) is 11.3. The molecule has 5 heteroatoms. The summed E-state index contributed by atoms with van der Waals surface area (Å²) in [7, 11) is 1.33. The maximum atomic E-state index is 11.7. The Hall–Kier alpha value is -3.08. The highest BCUT2D eigenvalue weighted by atomic mass is 16.5. The fourth-order valence-electron chi connectivity index (χ4n) is 2.12. The van der Waals surface area contributed by atoms with Gasteiger partial charge in [-0.3, -0.25) is 0 Å². The van der Waals surface area contributed by atoms with Gasteiger partial charge in [-0.1, -0.05) is 42.5 Å². The number of hydrogen-bond acceptors (Lipinski definition) is 5. The summed E-state index contributed by atoms with van der Waals surface area (Å²) in [5, 5.41) is 0. The highest BCUT2D eigenvalue weighted by molar-refractivity contribution is 5.92. The number of oxazole rings is 1. The first-order valence-electron chi connectivity index (χ1n) is 7.08. The Kier molecular flexibility index (Phi) is 4.38. The van der Waals surface area contributed by atoms with Crippen LogP contribution in [0.4, 0.5) is 0 Å². The molecule has 0 spiro atoms. The van der Waals surface area contributed by atoms with Crippen molar-refractivity contribution in [1.29, 1.82) is 0 Å². The minimum absolute atomic E-state index is 0.126. The van der Waals surface area contributed by atoms with Crippen molar-refractivity contribution in [1.82, 2.24) is 4.98 Å². The summed E-state index contributed by atoms with van der Waals surface area (Å²) in [4.78, 5) is 15.9. The van der Waals surface area contributed by atoms with E-state index in [9.17, 15) is 4.79 Å². The molecular weight excluding hydrogens is 294 g/mol. The minimum atomic E-state index is -0.446. The van der Waals surface area contributed by atoms with Crippen molar-refractivity contribution in [3.8, 4) is 17.1 Å². The molecule has 0 aliphatic carbocycles. The molecule has 0 fully saturated rings. The average molecular weight is 309 g/mol. The van der Waals surface area contributed by atoms with Crippen molar-refractivity contribution in [2.24, 2.45) is 0 Å². The van der Waals surface area contributed by atoms with Crippen LogP contribution in [0.2, 0.25) is 0 Å². The predicted molar refractivity (Wildman–Crippen MR) is 84.1 cm³/mol. The van der Waals surface area contributed by atoms with E-state index in [-0.39, 0.29) is 6.61 Å². The van der Waals surface area contributed by atoms with E-state index in [2.05, 4.69) is 4.98 Å². The van der Waals surface area contributed by atoms with Gasteiger partial charge in [-0.25, -0.2) is 9.78 Å². The normalized spacial score (nSPS) is 10.3. The number of para-hydroxylation sites is 1. The number of esters is 1. The molecule has 0 radical (unpaired) electrons. The van der Waals surface area contributed by atoms with Gasteiger partial charge in [0.15, 0.2) is 12.4 Å². The molecule has 0 aliphatic rings. The van der Waals surface area contributed by atoms with Crippen molar-refractivity contribution in [3.63, 3.8) is 0 Å². The first kappa shape index (κ1) is 14.8. The molecule has 116 valence electrons. The van der Waals surface area contributed by atoms with E-state index < -0.39 is 5.97 Å². The van der Waals surface area contributed by atoms with Gasteiger partial charge in [0, 0.05) is 5.56 Å². The topological polar surface area (TPSA) is 61.6 Å². The van der Waals surface area contributed by atoms with Crippen LogP contribution in [-0.4, -0.2) is 18.1 Å². The van der Waals surface area contributed by atoms with E-state index in [4.69, 9.17) is 13.9 Å². The Morgan fingerprint density at radius 3 is 2.61 bits per heavy atom. The second kappa shape index (κ2) is 6.79. The molecule has 0 bridgehead atoms. The van der Waals surface area contributed by atoms with Crippen molar-refractivity contribution in [2.75, 3.05) is 7.11 Å². The Morgan fingerprint density at radius 1 is 1.09 bits per heavy atom. The van der Waals surface area contributed by atoms with E-state index in [0.717, 1.165) is 5.56 Å². The van der Waals surface area contributed by atoms with Crippen LogP contribution in [0.5, 0.6) is 5.75 Å². The fraction of sp³-hybridized carbons (Fsp3) is 0.111. The molecular formula is C18H15NO4. The maximum absolute atomic E-state index is 11.7. The van der Waals surface area contributed by atoms with Crippen LogP contribution in [0.25, 0.3) is 11.3 Å². The third kappa shape index (κ3) is 3.40. The molecule has 5 nitrogen and oxygen atoms in total. The Labute approximate surface area is 133 Å². The lowest BCUT2D eigenvalue weighted by Gasteiger charge is -2.08. The second-order valence-electron chi connectivity index (χ2n) is 4.76.